The van der Waals surface area contributed by atoms with Crippen molar-refractivity contribution in [1.29, 1.82) is 0 Å². The summed E-state index contributed by atoms with van der Waals surface area (Å²) in [6.07, 6.45) is 6.66. The van der Waals surface area contributed by atoms with Gasteiger partial charge in [-0.05, 0) is 74.0 Å². The Morgan fingerprint density at radius 2 is 1.77 bits per heavy atom. The zero-order chi connectivity index (χ0) is 27.8. The van der Waals surface area contributed by atoms with Crippen LogP contribution in [0.2, 0.25) is 5.02 Å². The van der Waals surface area contributed by atoms with E-state index < -0.39 is 11.0 Å². The lowest BCUT2D eigenvalue weighted by Crippen LogP contribution is -2.48. The molecule has 11 heteroatoms. The van der Waals surface area contributed by atoms with Gasteiger partial charge in [0.25, 0.3) is 0 Å². The van der Waals surface area contributed by atoms with Crippen molar-refractivity contribution >= 4 is 34.8 Å². The highest BCUT2D eigenvalue weighted by atomic mass is 35.5. The number of nitrogens with two attached hydrogens (primary N) is 1. The van der Waals surface area contributed by atoms with Crippen LogP contribution >= 0.6 is 11.6 Å². The first-order valence-electron chi connectivity index (χ1n) is 12.7. The first-order chi connectivity index (χ1) is 18.8. The van der Waals surface area contributed by atoms with Gasteiger partial charge in [0.2, 0.25) is 17.6 Å². The zero-order valence-electron chi connectivity index (χ0n) is 21.2. The number of carbonyl (C=O) groups excluding carboxylic acids is 2. The molecule has 0 saturated heterocycles. The standard InChI is InChI=1S/C28H30ClN5O5/c29-21-7-10-25(34(37)38)26(16-21)39-23-8-3-18(4-9-23)15-24(28(36)32-22-11-13-31-14-12-22)33-27(35)20-5-1-19(17-30)2-6-20/h3-4,7-14,16,19-20,24H,1-2,5-6,15,17,30H2,(H,33,35)(H,31,32,36)/t19?,20?,24-/m0/s1. The molecule has 2 amide bonds. The molecule has 0 bridgehead atoms. The van der Waals surface area contributed by atoms with Gasteiger partial charge in [-0.25, -0.2) is 0 Å². The maximum atomic E-state index is 13.2. The summed E-state index contributed by atoms with van der Waals surface area (Å²) in [4.78, 5) is 41.1. The fourth-order valence-electron chi connectivity index (χ4n) is 4.60. The van der Waals surface area contributed by atoms with Crippen LogP contribution in [0.5, 0.6) is 11.5 Å². The summed E-state index contributed by atoms with van der Waals surface area (Å²) in [6, 6.07) is 13.4. The number of nitrogens with zero attached hydrogens (tertiary/aromatic N) is 2. The number of nitro groups is 1. The zero-order valence-corrected chi connectivity index (χ0v) is 22.0. The van der Waals surface area contributed by atoms with Crippen LogP contribution < -0.4 is 21.1 Å². The quantitative estimate of drug-likeness (QED) is 0.240. The molecule has 1 fully saturated rings. The van der Waals surface area contributed by atoms with Gasteiger partial charge in [0.05, 0.1) is 4.92 Å². The monoisotopic (exact) mass is 551 g/mol. The molecule has 4 rings (SSSR count). The van der Waals surface area contributed by atoms with Crippen LogP contribution in [0.25, 0.3) is 0 Å². The maximum absolute atomic E-state index is 13.2. The second-order valence-electron chi connectivity index (χ2n) is 9.56. The number of hydrogen-bond acceptors (Lipinski definition) is 7. The average Bonchev–Trinajstić information content (AvgIpc) is 2.94. The van der Waals surface area contributed by atoms with E-state index in [0.717, 1.165) is 31.2 Å². The molecule has 0 aliphatic heterocycles. The summed E-state index contributed by atoms with van der Waals surface area (Å²) in [7, 11) is 0. The molecule has 1 atom stereocenters. The summed E-state index contributed by atoms with van der Waals surface area (Å²) in [5.41, 5.74) is 6.92. The number of pyridine rings is 1. The van der Waals surface area contributed by atoms with Crippen LogP contribution in [0.1, 0.15) is 31.2 Å². The number of carbonyl (C=O) groups is 2. The van der Waals surface area contributed by atoms with Crippen LogP contribution in [-0.4, -0.2) is 34.3 Å². The summed E-state index contributed by atoms with van der Waals surface area (Å²) >= 11 is 5.99. The Balaban J connectivity index is 1.47. The van der Waals surface area contributed by atoms with Gasteiger partial charge in [-0.3, -0.25) is 24.7 Å². The van der Waals surface area contributed by atoms with Gasteiger partial charge in [-0.2, -0.15) is 0 Å². The molecule has 0 radical (unpaired) electrons. The predicted molar refractivity (Wildman–Crippen MR) is 148 cm³/mol. The Hall–Kier alpha value is -4.02. The Morgan fingerprint density at radius 1 is 1.08 bits per heavy atom. The number of hydrogen-bond donors (Lipinski definition) is 3. The smallest absolute Gasteiger partial charge is 0.311 e. The number of benzene rings is 2. The highest BCUT2D eigenvalue weighted by Crippen LogP contribution is 2.34. The fraction of sp³-hybridized carbons (Fsp3) is 0.321. The molecule has 1 aliphatic rings. The molecular formula is C28H30ClN5O5. The number of nitro benzene ring substituents is 1. The first-order valence-corrected chi connectivity index (χ1v) is 13.1. The van der Waals surface area contributed by atoms with Crippen LogP contribution in [0.4, 0.5) is 11.4 Å². The van der Waals surface area contributed by atoms with E-state index >= 15 is 0 Å². The van der Waals surface area contributed by atoms with Crippen LogP contribution in [0.3, 0.4) is 0 Å². The van der Waals surface area contributed by atoms with Gasteiger partial charge in [-0.1, -0.05) is 23.7 Å². The number of amides is 2. The van der Waals surface area contributed by atoms with E-state index in [9.17, 15) is 19.7 Å². The van der Waals surface area contributed by atoms with Gasteiger partial charge < -0.3 is 21.1 Å². The van der Waals surface area contributed by atoms with Crippen molar-refractivity contribution in [3.63, 3.8) is 0 Å². The van der Waals surface area contributed by atoms with Gasteiger partial charge in [0, 0.05) is 47.6 Å². The number of anilines is 1. The molecule has 1 saturated carbocycles. The van der Waals surface area contributed by atoms with Gasteiger partial charge >= 0.3 is 5.69 Å². The van der Waals surface area contributed by atoms with Crippen molar-refractivity contribution in [2.75, 3.05) is 11.9 Å². The average molecular weight is 552 g/mol. The minimum atomic E-state index is -0.821. The molecule has 2 aromatic carbocycles. The Labute approximate surface area is 231 Å². The number of nitrogens with one attached hydrogen (secondary N) is 2. The Morgan fingerprint density at radius 3 is 2.41 bits per heavy atom. The number of aromatic nitrogens is 1. The molecule has 1 aliphatic carbocycles. The van der Waals surface area contributed by atoms with Crippen molar-refractivity contribution in [3.05, 3.63) is 87.7 Å². The van der Waals surface area contributed by atoms with E-state index in [1.54, 1.807) is 48.8 Å². The maximum Gasteiger partial charge on any atom is 0.311 e. The largest absolute Gasteiger partial charge is 0.450 e. The molecule has 0 unspecified atom stereocenters. The lowest BCUT2D eigenvalue weighted by molar-refractivity contribution is -0.385. The normalized spacial score (nSPS) is 17.6. The van der Waals surface area contributed by atoms with E-state index in [4.69, 9.17) is 22.1 Å². The Kier molecular flexibility index (Phi) is 9.45. The summed E-state index contributed by atoms with van der Waals surface area (Å²) in [6.45, 7) is 0.621. The highest BCUT2D eigenvalue weighted by molar-refractivity contribution is 6.30. The van der Waals surface area contributed by atoms with Gasteiger partial charge in [0.15, 0.2) is 0 Å². The third kappa shape index (κ3) is 7.75. The number of halogens is 1. The molecule has 10 nitrogen and oxygen atoms in total. The number of rotatable bonds is 10. The molecule has 39 heavy (non-hydrogen) atoms. The van der Waals surface area contributed by atoms with Gasteiger partial charge in [-0.15, -0.1) is 0 Å². The van der Waals surface area contributed by atoms with Crippen molar-refractivity contribution in [2.24, 2.45) is 17.6 Å². The summed E-state index contributed by atoms with van der Waals surface area (Å²) < 4.78 is 5.71. The molecule has 4 N–H and O–H groups in total. The molecular weight excluding hydrogens is 522 g/mol. The topological polar surface area (TPSA) is 149 Å². The van der Waals surface area contributed by atoms with E-state index in [0.29, 0.717) is 28.9 Å². The second kappa shape index (κ2) is 13.2. The van der Waals surface area contributed by atoms with E-state index in [2.05, 4.69) is 15.6 Å². The number of ether oxygens (including phenoxy) is 1. The highest BCUT2D eigenvalue weighted by Gasteiger charge is 2.29. The third-order valence-electron chi connectivity index (χ3n) is 6.84. The lowest BCUT2D eigenvalue weighted by atomic mass is 9.81. The lowest BCUT2D eigenvalue weighted by Gasteiger charge is -2.28. The molecule has 3 aromatic rings. The minimum absolute atomic E-state index is 0.0199. The van der Waals surface area contributed by atoms with Crippen molar-refractivity contribution in [3.8, 4) is 11.5 Å². The second-order valence-corrected chi connectivity index (χ2v) is 10.00. The Bertz CT molecular complexity index is 1300. The first kappa shape index (κ1) is 28.0. The molecule has 1 heterocycles. The molecule has 204 valence electrons. The SMILES string of the molecule is NCC1CCC(C(=O)N[C@@H](Cc2ccc(Oc3cc(Cl)ccc3[N+](=O)[O-])cc2)C(=O)Nc2ccncc2)CC1. The van der Waals surface area contributed by atoms with E-state index in [-0.39, 0.29) is 35.6 Å². The summed E-state index contributed by atoms with van der Waals surface area (Å²) in [5, 5.41) is 17.4. The minimum Gasteiger partial charge on any atom is -0.450 e. The predicted octanol–water partition coefficient (Wildman–Crippen LogP) is 4.87. The molecule has 0 spiro atoms. The van der Waals surface area contributed by atoms with Crippen LogP contribution in [-0.2, 0) is 16.0 Å². The van der Waals surface area contributed by atoms with Crippen molar-refractivity contribution < 1.29 is 19.2 Å². The van der Waals surface area contributed by atoms with Crippen LogP contribution in [0.15, 0.2) is 67.0 Å². The van der Waals surface area contributed by atoms with Crippen LogP contribution in [0, 0.1) is 22.0 Å². The van der Waals surface area contributed by atoms with Crippen molar-refractivity contribution in [1.82, 2.24) is 10.3 Å². The summed E-state index contributed by atoms with van der Waals surface area (Å²) in [5.74, 6) is 0.171. The third-order valence-corrected chi connectivity index (χ3v) is 7.08. The van der Waals surface area contributed by atoms with E-state index in [1.807, 2.05) is 0 Å². The van der Waals surface area contributed by atoms with Gasteiger partial charge in [0.1, 0.15) is 11.8 Å². The fourth-order valence-corrected chi connectivity index (χ4v) is 4.76. The van der Waals surface area contributed by atoms with Crippen molar-refractivity contribution in [2.45, 2.75) is 38.1 Å². The van der Waals surface area contributed by atoms with E-state index in [1.165, 1.54) is 18.2 Å². The molecule has 1 aromatic heterocycles.